The van der Waals surface area contributed by atoms with Gasteiger partial charge in [0, 0.05) is 13.1 Å². The van der Waals surface area contributed by atoms with Crippen molar-refractivity contribution in [1.29, 1.82) is 0 Å². The average molecular weight is 241 g/mol. The lowest BCUT2D eigenvalue weighted by molar-refractivity contribution is -0.155. The smallest absolute Gasteiger partial charge is 0.307 e. The van der Waals surface area contributed by atoms with Crippen LogP contribution in [0, 0.1) is 11.8 Å². The molecule has 2 atom stereocenters. The molecule has 0 radical (unpaired) electrons. The van der Waals surface area contributed by atoms with Crippen LogP contribution in [0.4, 0.5) is 0 Å². The fourth-order valence-corrected chi connectivity index (χ4v) is 2.19. The van der Waals surface area contributed by atoms with E-state index >= 15 is 0 Å². The lowest BCUT2D eigenvalue weighted by Crippen LogP contribution is -2.39. The minimum atomic E-state index is -0.360. The Morgan fingerprint density at radius 3 is 2.47 bits per heavy atom. The third-order valence-corrected chi connectivity index (χ3v) is 3.47. The van der Waals surface area contributed by atoms with Crippen molar-refractivity contribution in [2.45, 2.75) is 53.1 Å². The molecule has 1 fully saturated rings. The van der Waals surface area contributed by atoms with Gasteiger partial charge < -0.3 is 9.64 Å². The number of carbonyl (C=O) groups excluding carboxylic acids is 1. The van der Waals surface area contributed by atoms with Crippen LogP contribution < -0.4 is 0 Å². The Balaban J connectivity index is 2.25. The first-order chi connectivity index (χ1) is 7.78. The first kappa shape index (κ1) is 14.5. The first-order valence-corrected chi connectivity index (χ1v) is 6.72. The van der Waals surface area contributed by atoms with Crippen LogP contribution in [0.5, 0.6) is 0 Å². The molecule has 3 heteroatoms. The summed E-state index contributed by atoms with van der Waals surface area (Å²) in [6, 6.07) is 0. The Morgan fingerprint density at radius 1 is 1.29 bits per heavy atom. The van der Waals surface area contributed by atoms with Crippen molar-refractivity contribution in [3.05, 3.63) is 0 Å². The van der Waals surface area contributed by atoms with Gasteiger partial charge in [-0.1, -0.05) is 13.8 Å². The molecule has 1 aliphatic heterocycles. The fourth-order valence-electron chi connectivity index (χ4n) is 2.19. The Kier molecular flexibility index (Phi) is 4.99. The van der Waals surface area contributed by atoms with Gasteiger partial charge in [0.2, 0.25) is 0 Å². The molecule has 1 heterocycles. The van der Waals surface area contributed by atoms with E-state index in [9.17, 15) is 4.79 Å². The minimum absolute atomic E-state index is 0.0798. The summed E-state index contributed by atoms with van der Waals surface area (Å²) in [5.41, 5.74) is -0.360. The second-order valence-corrected chi connectivity index (χ2v) is 6.38. The van der Waals surface area contributed by atoms with E-state index in [0.29, 0.717) is 6.42 Å². The van der Waals surface area contributed by atoms with Crippen LogP contribution in [-0.4, -0.2) is 36.1 Å². The lowest BCUT2D eigenvalue weighted by atomic mass is 9.89. The molecular formula is C14H27NO2. The Morgan fingerprint density at radius 2 is 1.94 bits per heavy atom. The Labute approximate surface area is 106 Å². The molecule has 0 amide bonds. The van der Waals surface area contributed by atoms with Crippen molar-refractivity contribution in [3.8, 4) is 0 Å². The summed E-state index contributed by atoms with van der Waals surface area (Å²) in [5.74, 6) is 1.47. The standard InChI is InChI=1S/C14H27NO2/c1-11-6-8-15(10-12(11)2)9-7-13(16)17-14(3,4)5/h11-12H,6-10H2,1-5H3. The van der Waals surface area contributed by atoms with Gasteiger partial charge in [-0.15, -0.1) is 0 Å². The van der Waals surface area contributed by atoms with Gasteiger partial charge in [0.1, 0.15) is 5.60 Å². The average Bonchev–Trinajstić information content (AvgIpc) is 2.17. The summed E-state index contributed by atoms with van der Waals surface area (Å²) < 4.78 is 5.31. The van der Waals surface area contributed by atoms with Crippen LogP contribution >= 0.6 is 0 Å². The Hall–Kier alpha value is -0.570. The van der Waals surface area contributed by atoms with E-state index in [0.717, 1.165) is 31.5 Å². The van der Waals surface area contributed by atoms with Crippen LogP contribution in [0.15, 0.2) is 0 Å². The van der Waals surface area contributed by atoms with Gasteiger partial charge in [0.15, 0.2) is 0 Å². The highest BCUT2D eigenvalue weighted by Crippen LogP contribution is 2.22. The molecule has 100 valence electrons. The molecule has 0 N–H and O–H groups in total. The molecule has 0 aromatic carbocycles. The zero-order chi connectivity index (χ0) is 13.1. The molecule has 3 nitrogen and oxygen atoms in total. The van der Waals surface area contributed by atoms with Gasteiger partial charge in [0.05, 0.1) is 6.42 Å². The normalized spacial score (nSPS) is 26.9. The van der Waals surface area contributed by atoms with Crippen molar-refractivity contribution < 1.29 is 9.53 Å². The number of hydrogen-bond donors (Lipinski definition) is 0. The van der Waals surface area contributed by atoms with Crippen LogP contribution in [0.2, 0.25) is 0 Å². The van der Waals surface area contributed by atoms with E-state index in [1.54, 1.807) is 0 Å². The molecule has 0 saturated carbocycles. The molecule has 1 aliphatic rings. The molecule has 0 spiro atoms. The number of hydrogen-bond acceptors (Lipinski definition) is 3. The van der Waals surface area contributed by atoms with Crippen LogP contribution in [0.1, 0.15) is 47.5 Å². The number of likely N-dealkylation sites (tertiary alicyclic amines) is 1. The summed E-state index contributed by atoms with van der Waals surface area (Å²) >= 11 is 0. The number of carbonyl (C=O) groups is 1. The summed E-state index contributed by atoms with van der Waals surface area (Å²) in [6.45, 7) is 13.4. The predicted molar refractivity (Wildman–Crippen MR) is 69.8 cm³/mol. The maximum atomic E-state index is 11.6. The zero-order valence-electron chi connectivity index (χ0n) is 12.0. The molecule has 2 unspecified atom stereocenters. The molecule has 1 saturated heterocycles. The largest absolute Gasteiger partial charge is 0.460 e. The van der Waals surface area contributed by atoms with E-state index in [2.05, 4.69) is 18.7 Å². The van der Waals surface area contributed by atoms with Gasteiger partial charge >= 0.3 is 5.97 Å². The second kappa shape index (κ2) is 5.85. The molecule has 0 aromatic heterocycles. The molecule has 0 aromatic rings. The van der Waals surface area contributed by atoms with Crippen molar-refractivity contribution in [1.82, 2.24) is 4.90 Å². The molecule has 1 rings (SSSR count). The third-order valence-electron chi connectivity index (χ3n) is 3.47. The molecule has 0 aliphatic carbocycles. The van der Waals surface area contributed by atoms with E-state index < -0.39 is 0 Å². The van der Waals surface area contributed by atoms with Gasteiger partial charge in [-0.3, -0.25) is 4.79 Å². The van der Waals surface area contributed by atoms with Crippen LogP contribution in [-0.2, 0) is 9.53 Å². The van der Waals surface area contributed by atoms with Crippen molar-refractivity contribution in [2.75, 3.05) is 19.6 Å². The topological polar surface area (TPSA) is 29.5 Å². The van der Waals surface area contributed by atoms with E-state index in [1.165, 1.54) is 6.42 Å². The molecule has 17 heavy (non-hydrogen) atoms. The highest BCUT2D eigenvalue weighted by atomic mass is 16.6. The monoisotopic (exact) mass is 241 g/mol. The maximum absolute atomic E-state index is 11.6. The van der Waals surface area contributed by atoms with Gasteiger partial charge in [-0.2, -0.15) is 0 Å². The second-order valence-electron chi connectivity index (χ2n) is 6.38. The summed E-state index contributed by atoms with van der Waals surface area (Å²) in [4.78, 5) is 14.0. The first-order valence-electron chi connectivity index (χ1n) is 6.72. The van der Waals surface area contributed by atoms with E-state index in [1.807, 2.05) is 20.8 Å². The predicted octanol–water partition coefficient (Wildman–Crippen LogP) is 2.70. The van der Waals surface area contributed by atoms with Gasteiger partial charge in [-0.05, 0) is 45.6 Å². The summed E-state index contributed by atoms with van der Waals surface area (Å²) in [5, 5.41) is 0. The maximum Gasteiger partial charge on any atom is 0.307 e. The highest BCUT2D eigenvalue weighted by Gasteiger charge is 2.23. The minimum Gasteiger partial charge on any atom is -0.460 e. The highest BCUT2D eigenvalue weighted by molar-refractivity contribution is 5.70. The number of piperidine rings is 1. The Bertz CT molecular complexity index is 257. The third kappa shape index (κ3) is 5.53. The molecular weight excluding hydrogens is 214 g/mol. The number of rotatable bonds is 3. The number of nitrogens with zero attached hydrogens (tertiary/aromatic N) is 1. The zero-order valence-corrected chi connectivity index (χ0v) is 12.0. The van der Waals surface area contributed by atoms with E-state index in [4.69, 9.17) is 4.74 Å². The SMILES string of the molecule is CC1CCN(CCC(=O)OC(C)(C)C)CC1C. The van der Waals surface area contributed by atoms with Crippen LogP contribution in [0.25, 0.3) is 0 Å². The van der Waals surface area contributed by atoms with Crippen LogP contribution in [0.3, 0.4) is 0 Å². The van der Waals surface area contributed by atoms with Gasteiger partial charge in [0.25, 0.3) is 0 Å². The lowest BCUT2D eigenvalue weighted by Gasteiger charge is -2.35. The fraction of sp³-hybridized carbons (Fsp3) is 0.929. The summed E-state index contributed by atoms with van der Waals surface area (Å²) in [7, 11) is 0. The number of ether oxygens (including phenoxy) is 1. The quantitative estimate of drug-likeness (QED) is 0.712. The molecule has 0 bridgehead atoms. The van der Waals surface area contributed by atoms with Gasteiger partial charge in [-0.25, -0.2) is 0 Å². The van der Waals surface area contributed by atoms with Crippen molar-refractivity contribution in [2.24, 2.45) is 11.8 Å². The van der Waals surface area contributed by atoms with E-state index in [-0.39, 0.29) is 11.6 Å². The number of esters is 1. The van der Waals surface area contributed by atoms with Crippen molar-refractivity contribution in [3.63, 3.8) is 0 Å². The van der Waals surface area contributed by atoms with Crippen molar-refractivity contribution >= 4 is 5.97 Å². The summed E-state index contributed by atoms with van der Waals surface area (Å²) in [6.07, 6.45) is 1.76.